The molecule has 0 unspecified atom stereocenters. The highest BCUT2D eigenvalue weighted by molar-refractivity contribution is 5.94. The van der Waals surface area contributed by atoms with E-state index in [1.54, 1.807) is 23.1 Å². The first-order valence-electron chi connectivity index (χ1n) is 5.00. The lowest BCUT2D eigenvalue weighted by Gasteiger charge is -2.23. The number of hydrogen-bond donors (Lipinski definition) is 1. The van der Waals surface area contributed by atoms with E-state index in [0.717, 1.165) is 13.0 Å². The Labute approximate surface area is 88.6 Å². The molecule has 2 rings (SSSR count). The second-order valence-electron chi connectivity index (χ2n) is 3.56. The molecule has 1 heterocycles. The SMILES string of the molecule is O=C(c1cccc(O)c1)N1CC=CCC1. The van der Waals surface area contributed by atoms with Crippen LogP contribution in [0.3, 0.4) is 0 Å². The van der Waals surface area contributed by atoms with E-state index in [1.165, 1.54) is 6.07 Å². The van der Waals surface area contributed by atoms with Crippen molar-refractivity contribution in [3.8, 4) is 5.75 Å². The third-order valence-corrected chi connectivity index (χ3v) is 2.44. The van der Waals surface area contributed by atoms with Crippen molar-refractivity contribution >= 4 is 5.91 Å². The van der Waals surface area contributed by atoms with Gasteiger partial charge in [0.2, 0.25) is 0 Å². The Morgan fingerprint density at radius 1 is 1.33 bits per heavy atom. The third kappa shape index (κ3) is 2.18. The number of carbonyl (C=O) groups excluding carboxylic acids is 1. The highest BCUT2D eigenvalue weighted by Crippen LogP contribution is 2.14. The minimum Gasteiger partial charge on any atom is -0.508 e. The van der Waals surface area contributed by atoms with Gasteiger partial charge in [0.25, 0.3) is 5.91 Å². The van der Waals surface area contributed by atoms with Gasteiger partial charge in [-0.25, -0.2) is 0 Å². The Hall–Kier alpha value is -1.77. The summed E-state index contributed by atoms with van der Waals surface area (Å²) in [4.78, 5) is 13.7. The van der Waals surface area contributed by atoms with Crippen LogP contribution in [0.5, 0.6) is 5.75 Å². The number of phenols is 1. The molecule has 0 aliphatic carbocycles. The first-order valence-corrected chi connectivity index (χ1v) is 5.00. The summed E-state index contributed by atoms with van der Waals surface area (Å²) in [5.74, 6) is 0.114. The lowest BCUT2D eigenvalue weighted by atomic mass is 10.1. The Morgan fingerprint density at radius 3 is 2.87 bits per heavy atom. The predicted octanol–water partition coefficient (Wildman–Crippen LogP) is 1.79. The normalized spacial score (nSPS) is 15.3. The molecule has 0 saturated heterocycles. The van der Waals surface area contributed by atoms with Crippen LogP contribution in [-0.2, 0) is 0 Å². The van der Waals surface area contributed by atoms with Crippen molar-refractivity contribution in [3.05, 3.63) is 42.0 Å². The molecule has 0 fully saturated rings. The number of benzene rings is 1. The summed E-state index contributed by atoms with van der Waals surface area (Å²) in [6.45, 7) is 1.42. The van der Waals surface area contributed by atoms with Gasteiger partial charge in [0.1, 0.15) is 5.75 Å². The average Bonchev–Trinajstić information content (AvgIpc) is 2.29. The summed E-state index contributed by atoms with van der Waals surface area (Å²) in [5.41, 5.74) is 0.547. The molecule has 78 valence electrons. The number of amides is 1. The molecule has 0 saturated carbocycles. The summed E-state index contributed by atoms with van der Waals surface area (Å²) < 4.78 is 0. The molecule has 1 aliphatic rings. The van der Waals surface area contributed by atoms with Gasteiger partial charge in [-0.2, -0.15) is 0 Å². The molecule has 1 N–H and O–H groups in total. The summed E-state index contributed by atoms with van der Waals surface area (Å²) in [7, 11) is 0. The molecule has 0 atom stereocenters. The van der Waals surface area contributed by atoms with Crippen LogP contribution in [-0.4, -0.2) is 29.0 Å². The fourth-order valence-electron chi connectivity index (χ4n) is 1.65. The molecule has 0 radical (unpaired) electrons. The van der Waals surface area contributed by atoms with Gasteiger partial charge in [-0.05, 0) is 24.6 Å². The summed E-state index contributed by atoms with van der Waals surface area (Å²) in [6.07, 6.45) is 4.97. The number of hydrogen-bond acceptors (Lipinski definition) is 2. The van der Waals surface area contributed by atoms with Crippen molar-refractivity contribution in [2.75, 3.05) is 13.1 Å². The zero-order valence-corrected chi connectivity index (χ0v) is 8.39. The molecule has 0 aromatic heterocycles. The van der Waals surface area contributed by atoms with Crippen LogP contribution in [0, 0.1) is 0 Å². The molecule has 1 amide bonds. The van der Waals surface area contributed by atoms with E-state index < -0.39 is 0 Å². The molecular formula is C12H13NO2. The van der Waals surface area contributed by atoms with Gasteiger partial charge in [0.05, 0.1) is 0 Å². The number of nitrogens with zero attached hydrogens (tertiary/aromatic N) is 1. The maximum atomic E-state index is 11.9. The fourth-order valence-corrected chi connectivity index (χ4v) is 1.65. The average molecular weight is 203 g/mol. The van der Waals surface area contributed by atoms with Crippen LogP contribution in [0.15, 0.2) is 36.4 Å². The monoisotopic (exact) mass is 203 g/mol. The first kappa shape index (κ1) is 9.77. The van der Waals surface area contributed by atoms with Gasteiger partial charge >= 0.3 is 0 Å². The van der Waals surface area contributed by atoms with E-state index in [1.807, 2.05) is 6.08 Å². The number of rotatable bonds is 1. The zero-order valence-electron chi connectivity index (χ0n) is 8.39. The lowest BCUT2D eigenvalue weighted by Crippen LogP contribution is -2.33. The van der Waals surface area contributed by atoms with Crippen LogP contribution < -0.4 is 0 Å². The van der Waals surface area contributed by atoms with Gasteiger partial charge in [0, 0.05) is 18.7 Å². The molecule has 1 aromatic rings. The van der Waals surface area contributed by atoms with Crippen LogP contribution >= 0.6 is 0 Å². The Bertz CT molecular complexity index is 398. The van der Waals surface area contributed by atoms with Crippen molar-refractivity contribution in [1.29, 1.82) is 0 Å². The van der Waals surface area contributed by atoms with Gasteiger partial charge in [-0.1, -0.05) is 18.2 Å². The lowest BCUT2D eigenvalue weighted by molar-refractivity contribution is 0.0770. The molecule has 0 spiro atoms. The Kier molecular flexibility index (Phi) is 2.72. The van der Waals surface area contributed by atoms with Crippen molar-refractivity contribution < 1.29 is 9.90 Å². The number of carbonyl (C=O) groups is 1. The van der Waals surface area contributed by atoms with E-state index in [2.05, 4.69) is 6.08 Å². The fraction of sp³-hybridized carbons (Fsp3) is 0.250. The summed E-state index contributed by atoms with van der Waals surface area (Å²) >= 11 is 0. The quantitative estimate of drug-likeness (QED) is 0.707. The zero-order chi connectivity index (χ0) is 10.7. The number of aromatic hydroxyl groups is 1. The van der Waals surface area contributed by atoms with E-state index in [-0.39, 0.29) is 11.7 Å². The molecule has 3 heteroatoms. The van der Waals surface area contributed by atoms with E-state index in [9.17, 15) is 9.90 Å². The summed E-state index contributed by atoms with van der Waals surface area (Å²) in [6, 6.07) is 6.47. The Morgan fingerprint density at radius 2 is 2.20 bits per heavy atom. The molecule has 1 aliphatic heterocycles. The molecule has 1 aromatic carbocycles. The van der Waals surface area contributed by atoms with Crippen molar-refractivity contribution in [2.45, 2.75) is 6.42 Å². The standard InChI is InChI=1S/C12H13NO2/c14-11-6-4-5-10(9-11)12(15)13-7-2-1-3-8-13/h1-2,4-6,9,14H,3,7-8H2. The predicted molar refractivity (Wildman–Crippen MR) is 57.8 cm³/mol. The number of phenolic OH excluding ortho intramolecular Hbond substituents is 1. The van der Waals surface area contributed by atoms with Gasteiger partial charge < -0.3 is 10.0 Å². The molecule has 3 nitrogen and oxygen atoms in total. The smallest absolute Gasteiger partial charge is 0.254 e. The molecule has 15 heavy (non-hydrogen) atoms. The van der Waals surface area contributed by atoms with Crippen LogP contribution in [0.4, 0.5) is 0 Å². The highest BCUT2D eigenvalue weighted by Gasteiger charge is 2.15. The second kappa shape index (κ2) is 4.17. The van der Waals surface area contributed by atoms with E-state index >= 15 is 0 Å². The van der Waals surface area contributed by atoms with E-state index in [0.29, 0.717) is 12.1 Å². The van der Waals surface area contributed by atoms with Crippen LogP contribution in [0.25, 0.3) is 0 Å². The highest BCUT2D eigenvalue weighted by atomic mass is 16.3. The minimum atomic E-state index is -0.0183. The van der Waals surface area contributed by atoms with Gasteiger partial charge in [-0.3, -0.25) is 4.79 Å². The maximum absolute atomic E-state index is 11.9. The first-order chi connectivity index (χ1) is 7.27. The van der Waals surface area contributed by atoms with Gasteiger partial charge in [-0.15, -0.1) is 0 Å². The van der Waals surface area contributed by atoms with Crippen molar-refractivity contribution in [2.24, 2.45) is 0 Å². The molecular weight excluding hydrogens is 190 g/mol. The Balaban J connectivity index is 2.16. The van der Waals surface area contributed by atoms with Crippen LogP contribution in [0.2, 0.25) is 0 Å². The maximum Gasteiger partial charge on any atom is 0.254 e. The third-order valence-electron chi connectivity index (χ3n) is 2.44. The van der Waals surface area contributed by atoms with Crippen LogP contribution in [0.1, 0.15) is 16.8 Å². The van der Waals surface area contributed by atoms with Gasteiger partial charge in [0.15, 0.2) is 0 Å². The summed E-state index contributed by atoms with van der Waals surface area (Å²) in [5, 5.41) is 9.28. The molecule has 0 bridgehead atoms. The largest absolute Gasteiger partial charge is 0.508 e. The van der Waals surface area contributed by atoms with Crippen molar-refractivity contribution in [1.82, 2.24) is 4.90 Å². The second-order valence-corrected chi connectivity index (χ2v) is 3.56. The minimum absolute atomic E-state index is 0.0183. The van der Waals surface area contributed by atoms with Crippen molar-refractivity contribution in [3.63, 3.8) is 0 Å². The van der Waals surface area contributed by atoms with E-state index in [4.69, 9.17) is 0 Å². The topological polar surface area (TPSA) is 40.5 Å².